The standard InChI is InChI=1S/C19H23F3N4O/c1-12(2)16-24-17(27-25-16)13-4-8-23-15(10-13)26-9-5-14(19(20,21)22)18(11-26)6-3-7-18/h4,8,10,12,14H,3,5-7,9,11H2,1-2H3/t14-/m1/s1. The van der Waals surface area contributed by atoms with Gasteiger partial charge in [-0.3, -0.25) is 0 Å². The highest BCUT2D eigenvalue weighted by atomic mass is 19.4. The van der Waals surface area contributed by atoms with Crippen molar-refractivity contribution >= 4 is 5.82 Å². The molecule has 0 radical (unpaired) electrons. The van der Waals surface area contributed by atoms with Gasteiger partial charge < -0.3 is 9.42 Å². The third kappa shape index (κ3) is 3.30. The second-order valence-corrected chi connectivity index (χ2v) is 8.04. The van der Waals surface area contributed by atoms with Crippen LogP contribution in [-0.2, 0) is 0 Å². The van der Waals surface area contributed by atoms with Gasteiger partial charge in [0, 0.05) is 30.8 Å². The Morgan fingerprint density at radius 2 is 2.07 bits per heavy atom. The zero-order valence-corrected chi connectivity index (χ0v) is 15.5. The predicted molar refractivity (Wildman–Crippen MR) is 94.3 cm³/mol. The summed E-state index contributed by atoms with van der Waals surface area (Å²) in [4.78, 5) is 10.8. The number of pyridine rings is 1. The first-order valence-electron chi connectivity index (χ1n) is 9.40. The van der Waals surface area contributed by atoms with Crippen molar-refractivity contribution < 1.29 is 17.7 Å². The molecular formula is C19H23F3N4O. The van der Waals surface area contributed by atoms with Gasteiger partial charge in [0.15, 0.2) is 5.82 Å². The third-order valence-electron chi connectivity index (χ3n) is 5.95. The maximum absolute atomic E-state index is 13.5. The number of nitrogens with zero attached hydrogens (tertiary/aromatic N) is 4. The number of anilines is 1. The average Bonchev–Trinajstić information content (AvgIpc) is 3.09. The topological polar surface area (TPSA) is 55.1 Å². The molecule has 27 heavy (non-hydrogen) atoms. The second-order valence-electron chi connectivity index (χ2n) is 8.04. The van der Waals surface area contributed by atoms with Gasteiger partial charge in [0.1, 0.15) is 5.82 Å². The first-order chi connectivity index (χ1) is 12.8. The summed E-state index contributed by atoms with van der Waals surface area (Å²) in [5.41, 5.74) is 0.0729. The molecule has 2 aromatic heterocycles. The van der Waals surface area contributed by atoms with Crippen molar-refractivity contribution in [2.45, 2.75) is 51.6 Å². The minimum absolute atomic E-state index is 0.119. The maximum Gasteiger partial charge on any atom is 0.392 e. The van der Waals surface area contributed by atoms with Gasteiger partial charge in [-0.25, -0.2) is 4.98 Å². The molecule has 0 N–H and O–H groups in total. The Bertz CT molecular complexity index is 813. The van der Waals surface area contributed by atoms with Crippen LogP contribution in [0.15, 0.2) is 22.9 Å². The lowest BCUT2D eigenvalue weighted by molar-refractivity contribution is -0.225. The molecule has 5 nitrogen and oxygen atoms in total. The summed E-state index contributed by atoms with van der Waals surface area (Å²) in [6.45, 7) is 4.71. The molecule has 3 heterocycles. The highest BCUT2D eigenvalue weighted by molar-refractivity contribution is 5.59. The molecule has 2 aromatic rings. The van der Waals surface area contributed by atoms with Gasteiger partial charge in [-0.1, -0.05) is 25.4 Å². The Morgan fingerprint density at radius 1 is 1.30 bits per heavy atom. The van der Waals surface area contributed by atoms with Crippen molar-refractivity contribution in [1.29, 1.82) is 0 Å². The normalized spacial score (nSPS) is 22.3. The number of alkyl halides is 3. The second kappa shape index (κ2) is 6.49. The lowest BCUT2D eigenvalue weighted by atomic mass is 9.58. The van der Waals surface area contributed by atoms with Crippen LogP contribution < -0.4 is 4.90 Å². The van der Waals surface area contributed by atoms with E-state index in [-0.39, 0.29) is 12.3 Å². The third-order valence-corrected chi connectivity index (χ3v) is 5.95. The number of hydrogen-bond acceptors (Lipinski definition) is 5. The quantitative estimate of drug-likeness (QED) is 0.765. The molecule has 0 unspecified atom stereocenters. The van der Waals surface area contributed by atoms with Crippen LogP contribution in [-0.4, -0.2) is 34.4 Å². The first-order valence-corrected chi connectivity index (χ1v) is 9.40. The molecule has 1 saturated carbocycles. The largest absolute Gasteiger partial charge is 0.392 e. The SMILES string of the molecule is CC(C)c1noc(-c2ccnc(N3CC[C@@H](C(F)(F)F)C4(CCC4)C3)c2)n1. The Hall–Kier alpha value is -2.12. The van der Waals surface area contributed by atoms with E-state index in [0.29, 0.717) is 43.5 Å². The zero-order chi connectivity index (χ0) is 19.2. The van der Waals surface area contributed by atoms with E-state index in [2.05, 4.69) is 15.1 Å². The molecule has 0 aromatic carbocycles. The van der Waals surface area contributed by atoms with Crippen molar-refractivity contribution in [3.05, 3.63) is 24.2 Å². The van der Waals surface area contributed by atoms with Crippen LogP contribution in [0.5, 0.6) is 0 Å². The fourth-order valence-corrected chi connectivity index (χ4v) is 4.32. The summed E-state index contributed by atoms with van der Waals surface area (Å²) < 4.78 is 45.8. The zero-order valence-electron chi connectivity index (χ0n) is 15.5. The summed E-state index contributed by atoms with van der Waals surface area (Å²) in [6, 6.07) is 3.61. The number of rotatable bonds is 3. The molecular weight excluding hydrogens is 357 g/mol. The highest BCUT2D eigenvalue weighted by Gasteiger charge is 2.58. The molecule has 1 spiro atoms. The van der Waals surface area contributed by atoms with Crippen molar-refractivity contribution in [3.8, 4) is 11.5 Å². The van der Waals surface area contributed by atoms with E-state index in [0.717, 1.165) is 12.0 Å². The molecule has 0 bridgehead atoms. The van der Waals surface area contributed by atoms with Crippen molar-refractivity contribution in [2.24, 2.45) is 11.3 Å². The minimum atomic E-state index is -4.13. The van der Waals surface area contributed by atoms with Gasteiger partial charge in [-0.2, -0.15) is 18.2 Å². The van der Waals surface area contributed by atoms with Crippen molar-refractivity contribution in [2.75, 3.05) is 18.0 Å². The molecule has 0 amide bonds. The van der Waals surface area contributed by atoms with E-state index < -0.39 is 17.5 Å². The number of halogens is 3. The molecule has 8 heteroatoms. The molecule has 1 saturated heterocycles. The summed E-state index contributed by atoms with van der Waals surface area (Å²) in [5, 5.41) is 3.97. The van der Waals surface area contributed by atoms with E-state index in [1.54, 1.807) is 12.3 Å². The summed E-state index contributed by atoms with van der Waals surface area (Å²) in [6.07, 6.45) is -0.225. The Balaban J connectivity index is 1.57. The molecule has 4 rings (SSSR count). The number of aromatic nitrogens is 3. The Labute approximate surface area is 156 Å². The first kappa shape index (κ1) is 18.3. The van der Waals surface area contributed by atoms with Gasteiger partial charge >= 0.3 is 6.18 Å². The van der Waals surface area contributed by atoms with Crippen LogP contribution in [0.2, 0.25) is 0 Å². The summed E-state index contributed by atoms with van der Waals surface area (Å²) in [7, 11) is 0. The fraction of sp³-hybridized carbons (Fsp3) is 0.632. The minimum Gasteiger partial charge on any atom is -0.356 e. The van der Waals surface area contributed by atoms with Gasteiger partial charge in [-0.05, 0) is 36.8 Å². The maximum atomic E-state index is 13.5. The van der Waals surface area contributed by atoms with Crippen LogP contribution in [0.3, 0.4) is 0 Å². The van der Waals surface area contributed by atoms with Gasteiger partial charge in [0.2, 0.25) is 0 Å². The van der Waals surface area contributed by atoms with Crippen LogP contribution in [0.4, 0.5) is 19.0 Å². The van der Waals surface area contributed by atoms with Crippen LogP contribution in [0, 0.1) is 11.3 Å². The van der Waals surface area contributed by atoms with E-state index in [9.17, 15) is 13.2 Å². The van der Waals surface area contributed by atoms with Crippen molar-refractivity contribution in [3.63, 3.8) is 0 Å². The number of piperidine rings is 1. The van der Waals surface area contributed by atoms with Gasteiger partial charge in [-0.15, -0.1) is 0 Å². The van der Waals surface area contributed by atoms with Crippen LogP contribution >= 0.6 is 0 Å². The molecule has 1 aliphatic carbocycles. The van der Waals surface area contributed by atoms with Crippen LogP contribution in [0.1, 0.15) is 51.3 Å². The van der Waals surface area contributed by atoms with E-state index in [1.165, 1.54) is 0 Å². The van der Waals surface area contributed by atoms with E-state index in [4.69, 9.17) is 4.52 Å². The van der Waals surface area contributed by atoms with Crippen molar-refractivity contribution in [1.82, 2.24) is 15.1 Å². The fourth-order valence-electron chi connectivity index (χ4n) is 4.32. The Kier molecular flexibility index (Phi) is 4.39. The van der Waals surface area contributed by atoms with Gasteiger partial charge in [0.25, 0.3) is 5.89 Å². The lowest BCUT2D eigenvalue weighted by Gasteiger charge is -2.54. The predicted octanol–water partition coefficient (Wildman–Crippen LogP) is 4.81. The summed E-state index contributed by atoms with van der Waals surface area (Å²) in [5.74, 6) is 0.656. The molecule has 146 valence electrons. The van der Waals surface area contributed by atoms with E-state index in [1.807, 2.05) is 24.8 Å². The molecule has 1 aliphatic heterocycles. The highest BCUT2D eigenvalue weighted by Crippen LogP contribution is 2.56. The Morgan fingerprint density at radius 3 is 2.67 bits per heavy atom. The lowest BCUT2D eigenvalue weighted by Crippen LogP contribution is -2.56. The average molecular weight is 380 g/mol. The summed E-state index contributed by atoms with van der Waals surface area (Å²) >= 11 is 0. The smallest absolute Gasteiger partial charge is 0.356 e. The molecule has 1 atom stereocenters. The number of hydrogen-bond donors (Lipinski definition) is 0. The van der Waals surface area contributed by atoms with Gasteiger partial charge in [0.05, 0.1) is 5.92 Å². The monoisotopic (exact) mass is 380 g/mol. The van der Waals surface area contributed by atoms with E-state index >= 15 is 0 Å². The molecule has 2 fully saturated rings. The van der Waals surface area contributed by atoms with Crippen LogP contribution in [0.25, 0.3) is 11.5 Å². The molecule has 2 aliphatic rings.